The van der Waals surface area contributed by atoms with E-state index in [2.05, 4.69) is 10.2 Å². The van der Waals surface area contributed by atoms with Crippen LogP contribution in [0.4, 0.5) is 5.69 Å². The van der Waals surface area contributed by atoms with Gasteiger partial charge in [-0.2, -0.15) is 0 Å². The highest BCUT2D eigenvalue weighted by atomic mass is 16.5. The molecular weight excluding hydrogens is 244 g/mol. The predicted molar refractivity (Wildman–Crippen MR) is 75.5 cm³/mol. The van der Waals surface area contributed by atoms with Crippen LogP contribution in [0, 0.1) is 0 Å². The van der Waals surface area contributed by atoms with Crippen LogP contribution < -0.4 is 10.1 Å². The van der Waals surface area contributed by atoms with Crippen molar-refractivity contribution in [2.24, 2.45) is 0 Å². The standard InChI is InChI=1S/C14H22N2O3/c1-10(14(17)19-5)15-12-8-11(9-16(2)3)6-7-13(12)18-4/h6-8,10,15H,9H2,1-5H3. The minimum atomic E-state index is -0.423. The molecule has 0 aliphatic rings. The summed E-state index contributed by atoms with van der Waals surface area (Å²) < 4.78 is 9.99. The summed E-state index contributed by atoms with van der Waals surface area (Å²) in [7, 11) is 7.00. The van der Waals surface area contributed by atoms with Gasteiger partial charge in [-0.05, 0) is 38.7 Å². The van der Waals surface area contributed by atoms with Crippen LogP contribution in [0.3, 0.4) is 0 Å². The van der Waals surface area contributed by atoms with Gasteiger partial charge in [-0.25, -0.2) is 4.79 Å². The zero-order chi connectivity index (χ0) is 14.4. The molecule has 0 aliphatic heterocycles. The van der Waals surface area contributed by atoms with E-state index in [0.29, 0.717) is 5.75 Å². The Morgan fingerprint density at radius 2 is 2.05 bits per heavy atom. The van der Waals surface area contributed by atoms with Crippen LogP contribution in [0.25, 0.3) is 0 Å². The van der Waals surface area contributed by atoms with E-state index in [9.17, 15) is 4.79 Å². The third-order valence-corrected chi connectivity index (χ3v) is 2.69. The fourth-order valence-corrected chi connectivity index (χ4v) is 1.80. The number of carbonyl (C=O) groups is 1. The van der Waals surface area contributed by atoms with E-state index in [4.69, 9.17) is 9.47 Å². The average molecular weight is 266 g/mol. The van der Waals surface area contributed by atoms with Crippen LogP contribution in [-0.2, 0) is 16.1 Å². The van der Waals surface area contributed by atoms with E-state index in [-0.39, 0.29) is 5.97 Å². The van der Waals surface area contributed by atoms with Crippen molar-refractivity contribution in [2.75, 3.05) is 33.6 Å². The van der Waals surface area contributed by atoms with Crippen molar-refractivity contribution in [1.82, 2.24) is 4.90 Å². The van der Waals surface area contributed by atoms with Crippen LogP contribution in [0.5, 0.6) is 5.75 Å². The smallest absolute Gasteiger partial charge is 0.327 e. The molecule has 1 atom stereocenters. The van der Waals surface area contributed by atoms with Crippen LogP contribution in [0.2, 0.25) is 0 Å². The van der Waals surface area contributed by atoms with E-state index < -0.39 is 6.04 Å². The maximum atomic E-state index is 11.4. The number of methoxy groups -OCH3 is 2. The minimum absolute atomic E-state index is 0.305. The molecule has 5 heteroatoms. The number of nitrogens with one attached hydrogen (secondary N) is 1. The molecule has 0 radical (unpaired) electrons. The maximum Gasteiger partial charge on any atom is 0.327 e. The van der Waals surface area contributed by atoms with Gasteiger partial charge in [-0.1, -0.05) is 6.07 Å². The molecular formula is C14H22N2O3. The van der Waals surface area contributed by atoms with E-state index in [1.54, 1.807) is 14.0 Å². The van der Waals surface area contributed by atoms with E-state index in [1.807, 2.05) is 32.3 Å². The lowest BCUT2D eigenvalue weighted by atomic mass is 10.1. The SMILES string of the molecule is COC(=O)C(C)Nc1cc(CN(C)C)ccc1OC. The molecule has 19 heavy (non-hydrogen) atoms. The second-order valence-electron chi connectivity index (χ2n) is 4.66. The number of hydrogen-bond donors (Lipinski definition) is 1. The second kappa shape index (κ2) is 6.99. The molecule has 0 aliphatic carbocycles. The molecule has 0 spiro atoms. The summed E-state index contributed by atoms with van der Waals surface area (Å²) >= 11 is 0. The number of hydrogen-bond acceptors (Lipinski definition) is 5. The van der Waals surface area contributed by atoms with Crippen molar-refractivity contribution in [3.63, 3.8) is 0 Å². The highest BCUT2D eigenvalue weighted by molar-refractivity contribution is 5.79. The summed E-state index contributed by atoms with van der Waals surface area (Å²) in [4.78, 5) is 13.5. The van der Waals surface area contributed by atoms with Crippen molar-refractivity contribution in [3.05, 3.63) is 23.8 Å². The van der Waals surface area contributed by atoms with Gasteiger partial charge in [-0.15, -0.1) is 0 Å². The molecule has 1 unspecified atom stereocenters. The van der Waals surface area contributed by atoms with Crippen molar-refractivity contribution in [3.8, 4) is 5.75 Å². The molecule has 0 saturated carbocycles. The molecule has 1 N–H and O–H groups in total. The van der Waals surface area contributed by atoms with Crippen molar-refractivity contribution >= 4 is 11.7 Å². The number of anilines is 1. The maximum absolute atomic E-state index is 11.4. The summed E-state index contributed by atoms with van der Waals surface area (Å²) in [6.07, 6.45) is 0. The fraction of sp³-hybridized carbons (Fsp3) is 0.500. The van der Waals surface area contributed by atoms with Gasteiger partial charge < -0.3 is 19.7 Å². The average Bonchev–Trinajstić information content (AvgIpc) is 2.37. The summed E-state index contributed by atoms with van der Waals surface area (Å²) in [5, 5.41) is 3.11. The molecule has 5 nitrogen and oxygen atoms in total. The first kappa shape index (κ1) is 15.3. The number of benzene rings is 1. The molecule has 0 heterocycles. The lowest BCUT2D eigenvalue weighted by Crippen LogP contribution is -2.27. The van der Waals surface area contributed by atoms with Crippen molar-refractivity contribution in [2.45, 2.75) is 19.5 Å². The molecule has 1 aromatic carbocycles. The quantitative estimate of drug-likeness (QED) is 0.795. The third-order valence-electron chi connectivity index (χ3n) is 2.69. The van der Waals surface area contributed by atoms with Gasteiger partial charge in [0.15, 0.2) is 0 Å². The molecule has 0 amide bonds. The lowest BCUT2D eigenvalue weighted by molar-refractivity contribution is -0.141. The third kappa shape index (κ3) is 4.44. The zero-order valence-electron chi connectivity index (χ0n) is 12.2. The molecule has 106 valence electrons. The Kier molecular flexibility index (Phi) is 5.63. The Hall–Kier alpha value is -1.75. The number of ether oxygens (including phenoxy) is 2. The minimum Gasteiger partial charge on any atom is -0.495 e. The van der Waals surface area contributed by atoms with E-state index >= 15 is 0 Å². The van der Waals surface area contributed by atoms with Crippen LogP contribution in [0.1, 0.15) is 12.5 Å². The second-order valence-corrected chi connectivity index (χ2v) is 4.66. The van der Waals surface area contributed by atoms with Gasteiger partial charge in [0.25, 0.3) is 0 Å². The van der Waals surface area contributed by atoms with E-state index in [1.165, 1.54) is 7.11 Å². The molecule has 1 rings (SSSR count). The Labute approximate surface area is 114 Å². The van der Waals surface area contributed by atoms with Gasteiger partial charge >= 0.3 is 5.97 Å². The normalized spacial score (nSPS) is 12.1. The van der Waals surface area contributed by atoms with Crippen LogP contribution >= 0.6 is 0 Å². The molecule has 0 aromatic heterocycles. The largest absolute Gasteiger partial charge is 0.495 e. The summed E-state index contributed by atoms with van der Waals surface area (Å²) in [6.45, 7) is 2.58. The lowest BCUT2D eigenvalue weighted by Gasteiger charge is -2.18. The summed E-state index contributed by atoms with van der Waals surface area (Å²) in [5.74, 6) is 0.401. The van der Waals surface area contributed by atoms with Crippen molar-refractivity contribution in [1.29, 1.82) is 0 Å². The van der Waals surface area contributed by atoms with Gasteiger partial charge in [0.2, 0.25) is 0 Å². The first-order valence-electron chi connectivity index (χ1n) is 6.14. The summed E-state index contributed by atoms with van der Waals surface area (Å²) in [6, 6.07) is 5.46. The number of nitrogens with zero attached hydrogens (tertiary/aromatic N) is 1. The van der Waals surface area contributed by atoms with Gasteiger partial charge in [0.05, 0.1) is 19.9 Å². The van der Waals surface area contributed by atoms with E-state index in [0.717, 1.165) is 17.8 Å². The number of carbonyl (C=O) groups excluding carboxylic acids is 1. The molecule has 0 fully saturated rings. The van der Waals surface area contributed by atoms with Crippen LogP contribution in [-0.4, -0.2) is 45.2 Å². The molecule has 0 saturated heterocycles. The Bertz CT molecular complexity index is 433. The summed E-state index contributed by atoms with van der Waals surface area (Å²) in [5.41, 5.74) is 1.94. The fourth-order valence-electron chi connectivity index (χ4n) is 1.80. The first-order valence-corrected chi connectivity index (χ1v) is 6.14. The van der Waals surface area contributed by atoms with Crippen molar-refractivity contribution < 1.29 is 14.3 Å². The van der Waals surface area contributed by atoms with Gasteiger partial charge in [-0.3, -0.25) is 0 Å². The topological polar surface area (TPSA) is 50.8 Å². The van der Waals surface area contributed by atoms with Gasteiger partial charge in [0, 0.05) is 6.54 Å². The first-order chi connectivity index (χ1) is 8.97. The highest BCUT2D eigenvalue weighted by Crippen LogP contribution is 2.26. The number of esters is 1. The monoisotopic (exact) mass is 266 g/mol. The Balaban J connectivity index is 2.92. The Morgan fingerprint density at radius 3 is 2.58 bits per heavy atom. The Morgan fingerprint density at radius 1 is 1.37 bits per heavy atom. The number of rotatable bonds is 6. The predicted octanol–water partition coefficient (Wildman–Crippen LogP) is 1.73. The van der Waals surface area contributed by atoms with Crippen LogP contribution in [0.15, 0.2) is 18.2 Å². The highest BCUT2D eigenvalue weighted by Gasteiger charge is 2.15. The van der Waals surface area contributed by atoms with Gasteiger partial charge in [0.1, 0.15) is 11.8 Å². The molecule has 0 bridgehead atoms. The zero-order valence-corrected chi connectivity index (χ0v) is 12.2. The molecule has 1 aromatic rings.